The van der Waals surface area contributed by atoms with Gasteiger partial charge in [-0.3, -0.25) is 0 Å². The number of hydrogen-bond acceptors (Lipinski definition) is 3. The molecule has 2 atom stereocenters. The predicted octanol–water partition coefficient (Wildman–Crippen LogP) is 1.22. The maximum atomic E-state index is 11.6. The SMILES string of the molecule is Cc1cccc(C2CS(=O)(=O)CCC2N)c1. The zero-order valence-corrected chi connectivity index (χ0v) is 10.2. The first-order valence-electron chi connectivity index (χ1n) is 5.50. The van der Waals surface area contributed by atoms with E-state index < -0.39 is 9.84 Å². The number of nitrogens with two attached hydrogens (primary N) is 1. The molecule has 1 aliphatic rings. The first-order chi connectivity index (χ1) is 7.48. The highest BCUT2D eigenvalue weighted by Crippen LogP contribution is 2.27. The Labute approximate surface area is 96.6 Å². The molecule has 88 valence electrons. The molecule has 1 heterocycles. The van der Waals surface area contributed by atoms with E-state index in [-0.39, 0.29) is 23.5 Å². The van der Waals surface area contributed by atoms with Gasteiger partial charge in [0.2, 0.25) is 0 Å². The molecule has 1 fully saturated rings. The summed E-state index contributed by atoms with van der Waals surface area (Å²) in [5.41, 5.74) is 8.22. The summed E-state index contributed by atoms with van der Waals surface area (Å²) < 4.78 is 23.2. The first-order valence-corrected chi connectivity index (χ1v) is 7.33. The minimum atomic E-state index is -2.91. The fraction of sp³-hybridized carbons (Fsp3) is 0.500. The maximum Gasteiger partial charge on any atom is 0.151 e. The van der Waals surface area contributed by atoms with Crippen LogP contribution in [0.15, 0.2) is 24.3 Å². The molecule has 1 aliphatic heterocycles. The summed E-state index contributed by atoms with van der Waals surface area (Å²) in [5, 5.41) is 0. The average Bonchev–Trinajstić information content (AvgIpc) is 2.22. The molecule has 1 aromatic rings. The zero-order chi connectivity index (χ0) is 11.8. The molecule has 0 spiro atoms. The largest absolute Gasteiger partial charge is 0.327 e. The van der Waals surface area contributed by atoms with Crippen LogP contribution in [0.3, 0.4) is 0 Å². The van der Waals surface area contributed by atoms with E-state index in [0.29, 0.717) is 6.42 Å². The van der Waals surface area contributed by atoms with Crippen molar-refractivity contribution < 1.29 is 8.42 Å². The molecule has 2 unspecified atom stereocenters. The number of rotatable bonds is 1. The van der Waals surface area contributed by atoms with Gasteiger partial charge in [-0.15, -0.1) is 0 Å². The van der Waals surface area contributed by atoms with Crippen molar-refractivity contribution in [2.45, 2.75) is 25.3 Å². The summed E-state index contributed by atoms with van der Waals surface area (Å²) >= 11 is 0. The van der Waals surface area contributed by atoms with Crippen molar-refractivity contribution in [2.24, 2.45) is 5.73 Å². The second-order valence-corrected chi connectivity index (χ2v) is 6.82. The molecule has 3 nitrogen and oxygen atoms in total. The molecule has 4 heteroatoms. The smallest absolute Gasteiger partial charge is 0.151 e. The summed E-state index contributed by atoms with van der Waals surface area (Å²) in [4.78, 5) is 0. The van der Waals surface area contributed by atoms with Gasteiger partial charge in [0.25, 0.3) is 0 Å². The van der Waals surface area contributed by atoms with Crippen LogP contribution in [0, 0.1) is 6.92 Å². The van der Waals surface area contributed by atoms with Crippen LogP contribution in [0.1, 0.15) is 23.5 Å². The van der Waals surface area contributed by atoms with Gasteiger partial charge >= 0.3 is 0 Å². The summed E-state index contributed by atoms with van der Waals surface area (Å²) in [6, 6.07) is 7.93. The fourth-order valence-corrected chi connectivity index (χ4v) is 4.03. The van der Waals surface area contributed by atoms with Crippen LogP contribution in [-0.2, 0) is 9.84 Å². The lowest BCUT2D eigenvalue weighted by Gasteiger charge is -2.29. The Morgan fingerprint density at radius 3 is 2.81 bits per heavy atom. The van der Waals surface area contributed by atoms with Gasteiger partial charge in [0, 0.05) is 12.0 Å². The van der Waals surface area contributed by atoms with E-state index in [9.17, 15) is 8.42 Å². The number of sulfone groups is 1. The highest BCUT2D eigenvalue weighted by atomic mass is 32.2. The van der Waals surface area contributed by atoms with Gasteiger partial charge in [-0.1, -0.05) is 29.8 Å². The van der Waals surface area contributed by atoms with E-state index in [4.69, 9.17) is 5.73 Å². The topological polar surface area (TPSA) is 60.2 Å². The molecule has 1 aromatic carbocycles. The lowest BCUT2D eigenvalue weighted by Crippen LogP contribution is -2.40. The standard InChI is InChI=1S/C12H17NO2S/c1-9-3-2-4-10(7-9)11-8-16(14,15)6-5-12(11)13/h2-4,7,11-12H,5-6,8,13H2,1H3. The Hall–Kier alpha value is -0.870. The molecule has 0 aromatic heterocycles. The number of hydrogen-bond donors (Lipinski definition) is 1. The third-order valence-electron chi connectivity index (χ3n) is 3.18. The molecular formula is C12H17NO2S. The fourth-order valence-electron chi connectivity index (χ4n) is 2.24. The van der Waals surface area contributed by atoms with Crippen molar-refractivity contribution in [3.8, 4) is 0 Å². The quantitative estimate of drug-likeness (QED) is 0.801. The summed E-state index contributed by atoms with van der Waals surface area (Å²) in [6.07, 6.45) is 0.570. The van der Waals surface area contributed by atoms with Crippen molar-refractivity contribution in [2.75, 3.05) is 11.5 Å². The highest BCUT2D eigenvalue weighted by molar-refractivity contribution is 7.91. The number of benzene rings is 1. The van der Waals surface area contributed by atoms with E-state index in [1.165, 1.54) is 0 Å². The minimum Gasteiger partial charge on any atom is -0.327 e. The van der Waals surface area contributed by atoms with Crippen molar-refractivity contribution >= 4 is 9.84 Å². The molecule has 0 aliphatic carbocycles. The van der Waals surface area contributed by atoms with Crippen molar-refractivity contribution in [1.29, 1.82) is 0 Å². The van der Waals surface area contributed by atoms with Crippen molar-refractivity contribution in [3.05, 3.63) is 35.4 Å². The third kappa shape index (κ3) is 2.44. The van der Waals surface area contributed by atoms with Gasteiger partial charge in [0.1, 0.15) is 0 Å². The Morgan fingerprint density at radius 1 is 1.38 bits per heavy atom. The number of aryl methyl sites for hydroxylation is 1. The summed E-state index contributed by atoms with van der Waals surface area (Å²) in [6.45, 7) is 2.01. The monoisotopic (exact) mass is 239 g/mol. The molecule has 0 saturated carbocycles. The van der Waals surface area contributed by atoms with Gasteiger partial charge in [0.15, 0.2) is 9.84 Å². The summed E-state index contributed by atoms with van der Waals surface area (Å²) in [7, 11) is -2.91. The molecule has 16 heavy (non-hydrogen) atoms. The van der Waals surface area contributed by atoms with Crippen molar-refractivity contribution in [1.82, 2.24) is 0 Å². The van der Waals surface area contributed by atoms with Gasteiger partial charge < -0.3 is 5.73 Å². The van der Waals surface area contributed by atoms with E-state index in [2.05, 4.69) is 0 Å². The predicted molar refractivity (Wildman–Crippen MR) is 65.2 cm³/mol. The van der Waals surface area contributed by atoms with Gasteiger partial charge in [0.05, 0.1) is 11.5 Å². The molecule has 2 rings (SSSR count). The first kappa shape index (κ1) is 11.6. The van der Waals surface area contributed by atoms with E-state index in [1.807, 2.05) is 31.2 Å². The lowest BCUT2D eigenvalue weighted by atomic mass is 9.91. The van der Waals surface area contributed by atoms with Gasteiger partial charge in [-0.2, -0.15) is 0 Å². The lowest BCUT2D eigenvalue weighted by molar-refractivity contribution is 0.504. The van der Waals surface area contributed by atoms with Crippen molar-refractivity contribution in [3.63, 3.8) is 0 Å². The van der Waals surface area contributed by atoms with Crippen LogP contribution in [0.5, 0.6) is 0 Å². The summed E-state index contributed by atoms with van der Waals surface area (Å²) in [5.74, 6) is 0.382. The van der Waals surface area contributed by atoms with Crippen LogP contribution >= 0.6 is 0 Å². The molecule has 0 amide bonds. The molecule has 0 bridgehead atoms. The normalized spacial score (nSPS) is 28.9. The Morgan fingerprint density at radius 2 is 2.12 bits per heavy atom. The maximum absolute atomic E-state index is 11.6. The highest BCUT2D eigenvalue weighted by Gasteiger charge is 2.31. The molecule has 2 N–H and O–H groups in total. The second-order valence-electron chi connectivity index (χ2n) is 4.59. The Bertz CT molecular complexity index is 482. The molecule has 0 radical (unpaired) electrons. The zero-order valence-electron chi connectivity index (χ0n) is 9.39. The van der Waals surface area contributed by atoms with Gasteiger partial charge in [-0.05, 0) is 18.9 Å². The Kier molecular flexibility index (Phi) is 3.04. The van der Waals surface area contributed by atoms with Gasteiger partial charge in [-0.25, -0.2) is 8.42 Å². The van der Waals surface area contributed by atoms with Crippen LogP contribution in [-0.4, -0.2) is 26.0 Å². The van der Waals surface area contributed by atoms with Crippen LogP contribution in [0.4, 0.5) is 0 Å². The third-order valence-corrected chi connectivity index (χ3v) is 4.91. The average molecular weight is 239 g/mol. The molecular weight excluding hydrogens is 222 g/mol. The van der Waals surface area contributed by atoms with Crippen LogP contribution in [0.2, 0.25) is 0 Å². The minimum absolute atomic E-state index is 0.0367. The Balaban J connectivity index is 2.32. The van der Waals surface area contributed by atoms with Crippen LogP contribution < -0.4 is 5.73 Å². The van der Waals surface area contributed by atoms with Crippen LogP contribution in [0.25, 0.3) is 0 Å². The van der Waals surface area contributed by atoms with E-state index >= 15 is 0 Å². The molecule has 1 saturated heterocycles. The second kappa shape index (κ2) is 4.18. The van der Waals surface area contributed by atoms with E-state index in [1.54, 1.807) is 0 Å². The van der Waals surface area contributed by atoms with E-state index in [0.717, 1.165) is 11.1 Å².